The van der Waals surface area contributed by atoms with Gasteiger partial charge in [-0.05, 0) is 62.2 Å². The highest BCUT2D eigenvalue weighted by Gasteiger charge is 2.17. The van der Waals surface area contributed by atoms with Crippen LogP contribution in [-0.2, 0) is 0 Å². The number of ether oxygens (including phenoxy) is 1. The third-order valence-corrected chi connectivity index (χ3v) is 5.32. The van der Waals surface area contributed by atoms with Crippen molar-refractivity contribution in [1.29, 1.82) is 0 Å². The third kappa shape index (κ3) is 3.90. The Morgan fingerprint density at radius 2 is 2.07 bits per heavy atom. The molecular formula is C21H25N3O3. The molecule has 142 valence electrons. The number of amides is 1. The number of hydrogen-bond acceptors (Lipinski definition) is 5. The van der Waals surface area contributed by atoms with Crippen LogP contribution in [-0.4, -0.2) is 49.1 Å². The maximum atomic E-state index is 12.4. The van der Waals surface area contributed by atoms with Crippen LogP contribution in [0.4, 0.5) is 0 Å². The van der Waals surface area contributed by atoms with Crippen molar-refractivity contribution in [3.8, 4) is 5.75 Å². The standard InChI is InChI=1S/C21H25N3O3/c1-14-5-8-24(9-6-14)10-7-22-20(25)19-13-16-11-15-12-17(26-2)3-4-18(15)23-21(16)27-19/h3-4,11-14H,5-10H2,1-2H3,(H,22,25). The molecule has 3 heterocycles. The maximum Gasteiger partial charge on any atom is 0.287 e. The number of rotatable bonds is 5. The number of benzene rings is 1. The van der Waals surface area contributed by atoms with E-state index in [0.717, 1.165) is 47.6 Å². The van der Waals surface area contributed by atoms with Crippen LogP contribution in [0.3, 0.4) is 0 Å². The molecule has 1 amide bonds. The van der Waals surface area contributed by atoms with E-state index in [0.29, 0.717) is 18.0 Å². The molecule has 3 aromatic rings. The van der Waals surface area contributed by atoms with Gasteiger partial charge in [0.1, 0.15) is 5.75 Å². The number of pyridine rings is 1. The van der Waals surface area contributed by atoms with E-state index in [9.17, 15) is 4.79 Å². The molecule has 1 fully saturated rings. The Morgan fingerprint density at radius 3 is 2.85 bits per heavy atom. The van der Waals surface area contributed by atoms with Crippen molar-refractivity contribution in [3.63, 3.8) is 0 Å². The van der Waals surface area contributed by atoms with Crippen LogP contribution < -0.4 is 10.1 Å². The Balaban J connectivity index is 1.43. The molecule has 1 saturated heterocycles. The van der Waals surface area contributed by atoms with E-state index in [1.54, 1.807) is 13.2 Å². The number of nitrogens with zero attached hydrogens (tertiary/aromatic N) is 2. The highest BCUT2D eigenvalue weighted by atomic mass is 16.5. The first-order valence-corrected chi connectivity index (χ1v) is 9.51. The number of aromatic nitrogens is 1. The SMILES string of the molecule is COc1ccc2nc3oc(C(=O)NCCN4CCC(C)CC4)cc3cc2c1. The summed E-state index contributed by atoms with van der Waals surface area (Å²) in [4.78, 5) is 19.3. The molecular weight excluding hydrogens is 342 g/mol. The molecule has 0 spiro atoms. The number of likely N-dealkylation sites (tertiary alicyclic amines) is 1. The van der Waals surface area contributed by atoms with E-state index in [4.69, 9.17) is 9.15 Å². The topological polar surface area (TPSA) is 67.6 Å². The summed E-state index contributed by atoms with van der Waals surface area (Å²) < 4.78 is 10.9. The summed E-state index contributed by atoms with van der Waals surface area (Å²) in [6.45, 7) is 6.02. The zero-order valence-corrected chi connectivity index (χ0v) is 15.8. The van der Waals surface area contributed by atoms with E-state index < -0.39 is 0 Å². The Labute approximate surface area is 158 Å². The van der Waals surface area contributed by atoms with Crippen LogP contribution in [0.2, 0.25) is 0 Å². The fourth-order valence-corrected chi connectivity index (χ4v) is 3.55. The van der Waals surface area contributed by atoms with Crippen molar-refractivity contribution in [3.05, 3.63) is 36.1 Å². The van der Waals surface area contributed by atoms with Gasteiger partial charge < -0.3 is 19.4 Å². The molecule has 1 N–H and O–H groups in total. The second-order valence-electron chi connectivity index (χ2n) is 7.33. The Kier molecular flexibility index (Phi) is 4.99. The Hall–Kier alpha value is -2.60. The fourth-order valence-electron chi connectivity index (χ4n) is 3.55. The zero-order valence-electron chi connectivity index (χ0n) is 15.8. The largest absolute Gasteiger partial charge is 0.497 e. The highest BCUT2D eigenvalue weighted by molar-refractivity contribution is 5.98. The Morgan fingerprint density at radius 1 is 1.26 bits per heavy atom. The summed E-state index contributed by atoms with van der Waals surface area (Å²) in [5, 5.41) is 4.72. The summed E-state index contributed by atoms with van der Waals surface area (Å²) >= 11 is 0. The van der Waals surface area contributed by atoms with Gasteiger partial charge in [-0.3, -0.25) is 4.79 Å². The first kappa shape index (κ1) is 17.8. The van der Waals surface area contributed by atoms with E-state index in [2.05, 4.69) is 22.1 Å². The lowest BCUT2D eigenvalue weighted by atomic mass is 9.99. The van der Waals surface area contributed by atoms with Gasteiger partial charge in [0.05, 0.1) is 12.6 Å². The van der Waals surface area contributed by atoms with Gasteiger partial charge in [0, 0.05) is 23.9 Å². The van der Waals surface area contributed by atoms with Gasteiger partial charge in [0.2, 0.25) is 5.71 Å². The third-order valence-electron chi connectivity index (χ3n) is 5.32. The predicted molar refractivity (Wildman–Crippen MR) is 105 cm³/mol. The van der Waals surface area contributed by atoms with E-state index in [1.807, 2.05) is 24.3 Å². The van der Waals surface area contributed by atoms with Crippen LogP contribution >= 0.6 is 0 Å². The average Bonchev–Trinajstić information content (AvgIpc) is 3.10. The predicted octanol–water partition coefficient (Wildman–Crippen LogP) is 3.45. The van der Waals surface area contributed by atoms with Crippen LogP contribution in [0.25, 0.3) is 22.0 Å². The smallest absolute Gasteiger partial charge is 0.287 e. The van der Waals surface area contributed by atoms with Crippen molar-refractivity contribution in [2.24, 2.45) is 5.92 Å². The summed E-state index contributed by atoms with van der Waals surface area (Å²) in [5.41, 5.74) is 1.28. The lowest BCUT2D eigenvalue weighted by Gasteiger charge is -2.30. The molecule has 0 radical (unpaired) electrons. The van der Waals surface area contributed by atoms with E-state index in [1.165, 1.54) is 12.8 Å². The molecule has 4 rings (SSSR count). The van der Waals surface area contributed by atoms with E-state index >= 15 is 0 Å². The first-order valence-electron chi connectivity index (χ1n) is 9.51. The normalized spacial score (nSPS) is 16.1. The molecule has 0 unspecified atom stereocenters. The molecule has 0 saturated carbocycles. The molecule has 2 aromatic heterocycles. The minimum absolute atomic E-state index is 0.194. The molecule has 6 nitrogen and oxygen atoms in total. The quantitative estimate of drug-likeness (QED) is 0.748. The number of fused-ring (bicyclic) bond motifs is 2. The minimum Gasteiger partial charge on any atom is -0.497 e. The number of methoxy groups -OCH3 is 1. The van der Waals surface area contributed by atoms with E-state index in [-0.39, 0.29) is 5.91 Å². The molecule has 1 aromatic carbocycles. The number of piperidine rings is 1. The van der Waals surface area contributed by atoms with Crippen molar-refractivity contribution in [2.45, 2.75) is 19.8 Å². The summed E-state index contributed by atoms with van der Waals surface area (Å²) in [6.07, 6.45) is 2.48. The lowest BCUT2D eigenvalue weighted by molar-refractivity contribution is 0.0918. The number of hydrogen-bond donors (Lipinski definition) is 1. The van der Waals surface area contributed by atoms with Crippen molar-refractivity contribution in [2.75, 3.05) is 33.3 Å². The Bertz CT molecular complexity index is 958. The first-order chi connectivity index (χ1) is 13.1. The monoisotopic (exact) mass is 367 g/mol. The van der Waals surface area contributed by atoms with Gasteiger partial charge in [-0.2, -0.15) is 0 Å². The summed E-state index contributed by atoms with van der Waals surface area (Å²) in [5.74, 6) is 1.69. The zero-order chi connectivity index (χ0) is 18.8. The van der Waals surface area contributed by atoms with Crippen molar-refractivity contribution in [1.82, 2.24) is 15.2 Å². The van der Waals surface area contributed by atoms with Gasteiger partial charge in [-0.15, -0.1) is 0 Å². The van der Waals surface area contributed by atoms with Gasteiger partial charge >= 0.3 is 0 Å². The molecule has 1 aliphatic rings. The number of furan rings is 1. The molecule has 1 aliphatic heterocycles. The van der Waals surface area contributed by atoms with Crippen LogP contribution in [0, 0.1) is 5.92 Å². The van der Waals surface area contributed by atoms with Crippen LogP contribution in [0.15, 0.2) is 34.7 Å². The molecule has 27 heavy (non-hydrogen) atoms. The van der Waals surface area contributed by atoms with Crippen molar-refractivity contribution < 1.29 is 13.9 Å². The molecule has 0 bridgehead atoms. The van der Waals surface area contributed by atoms with Gasteiger partial charge in [0.15, 0.2) is 5.76 Å². The summed E-state index contributed by atoms with van der Waals surface area (Å²) in [6, 6.07) is 9.39. The van der Waals surface area contributed by atoms with Crippen LogP contribution in [0.5, 0.6) is 5.75 Å². The highest BCUT2D eigenvalue weighted by Crippen LogP contribution is 2.25. The minimum atomic E-state index is -0.194. The molecule has 0 aliphatic carbocycles. The average molecular weight is 367 g/mol. The van der Waals surface area contributed by atoms with Gasteiger partial charge in [0.25, 0.3) is 5.91 Å². The van der Waals surface area contributed by atoms with Crippen molar-refractivity contribution >= 4 is 27.9 Å². The summed E-state index contributed by atoms with van der Waals surface area (Å²) in [7, 11) is 1.64. The molecule has 6 heteroatoms. The molecule has 0 atom stereocenters. The van der Waals surface area contributed by atoms with Gasteiger partial charge in [-0.25, -0.2) is 4.98 Å². The number of carbonyl (C=O) groups excluding carboxylic acids is 1. The second kappa shape index (κ2) is 7.56. The number of carbonyl (C=O) groups is 1. The maximum absolute atomic E-state index is 12.4. The van der Waals surface area contributed by atoms with Crippen LogP contribution in [0.1, 0.15) is 30.3 Å². The second-order valence-corrected chi connectivity index (χ2v) is 7.33. The number of nitrogens with one attached hydrogen (secondary N) is 1. The lowest BCUT2D eigenvalue weighted by Crippen LogP contribution is -2.39. The van der Waals surface area contributed by atoms with Gasteiger partial charge in [-0.1, -0.05) is 6.92 Å². The fraction of sp³-hybridized carbons (Fsp3) is 0.429.